The van der Waals surface area contributed by atoms with Crippen molar-refractivity contribution in [2.75, 3.05) is 5.32 Å². The third-order valence-corrected chi connectivity index (χ3v) is 6.01. The second-order valence-corrected chi connectivity index (χ2v) is 8.22. The first-order valence-corrected chi connectivity index (χ1v) is 10.3. The van der Waals surface area contributed by atoms with Gasteiger partial charge in [-0.3, -0.25) is 4.79 Å². The molecule has 2 N–H and O–H groups in total. The number of amides is 1. The van der Waals surface area contributed by atoms with Gasteiger partial charge in [-0.2, -0.15) is 0 Å². The van der Waals surface area contributed by atoms with E-state index in [2.05, 4.69) is 35.4 Å². The highest BCUT2D eigenvalue weighted by Crippen LogP contribution is 2.31. The minimum atomic E-state index is -0.0249. The second kappa shape index (κ2) is 7.18. The number of aryl methyl sites for hydroxylation is 1. The van der Waals surface area contributed by atoms with Crippen LogP contribution >= 0.6 is 11.3 Å². The molecule has 5 heteroatoms. The molecule has 1 amide bonds. The second-order valence-electron chi connectivity index (χ2n) is 7.19. The lowest BCUT2D eigenvalue weighted by atomic mass is 10.1. The highest BCUT2D eigenvalue weighted by molar-refractivity contribution is 7.21. The molecule has 5 aromatic rings. The minimum absolute atomic E-state index is 0.0249. The minimum Gasteiger partial charge on any atom is -0.361 e. The van der Waals surface area contributed by atoms with Crippen molar-refractivity contribution in [1.82, 2.24) is 9.97 Å². The van der Waals surface area contributed by atoms with Crippen LogP contribution in [0.2, 0.25) is 0 Å². The SMILES string of the molecule is Cc1ccc2nc(-c3ccc(NC(=O)Cc4ccc5[nH]ccc5c4)cc3)sc2c1. The predicted molar refractivity (Wildman–Crippen MR) is 120 cm³/mol. The van der Waals surface area contributed by atoms with Crippen LogP contribution in [-0.4, -0.2) is 15.9 Å². The Hall–Kier alpha value is -3.44. The number of aromatic nitrogens is 2. The number of nitrogens with one attached hydrogen (secondary N) is 2. The van der Waals surface area contributed by atoms with Gasteiger partial charge in [0, 0.05) is 23.0 Å². The number of carbonyl (C=O) groups is 1. The van der Waals surface area contributed by atoms with Crippen LogP contribution in [-0.2, 0) is 11.2 Å². The number of carbonyl (C=O) groups excluding carboxylic acids is 1. The van der Waals surface area contributed by atoms with Crippen LogP contribution in [0.25, 0.3) is 31.7 Å². The first kappa shape index (κ1) is 17.6. The number of fused-ring (bicyclic) bond motifs is 2. The first-order valence-electron chi connectivity index (χ1n) is 9.47. The van der Waals surface area contributed by atoms with Gasteiger partial charge in [0.1, 0.15) is 5.01 Å². The summed E-state index contributed by atoms with van der Waals surface area (Å²) in [7, 11) is 0. The van der Waals surface area contributed by atoms with E-state index in [1.54, 1.807) is 11.3 Å². The summed E-state index contributed by atoms with van der Waals surface area (Å²) >= 11 is 1.69. The van der Waals surface area contributed by atoms with Gasteiger partial charge in [0.05, 0.1) is 16.6 Å². The fourth-order valence-electron chi connectivity index (χ4n) is 3.45. The van der Waals surface area contributed by atoms with Crippen LogP contribution in [0.5, 0.6) is 0 Å². The molecule has 0 aliphatic heterocycles. The molecule has 0 aliphatic carbocycles. The molecule has 142 valence electrons. The molecule has 0 unspecified atom stereocenters. The number of rotatable bonds is 4. The Morgan fingerprint density at radius 1 is 1.03 bits per heavy atom. The third-order valence-electron chi connectivity index (χ3n) is 4.94. The smallest absolute Gasteiger partial charge is 0.228 e. The van der Waals surface area contributed by atoms with Gasteiger partial charge in [-0.1, -0.05) is 12.1 Å². The van der Waals surface area contributed by atoms with Gasteiger partial charge in [-0.05, 0) is 78.0 Å². The molecule has 2 aromatic heterocycles. The highest BCUT2D eigenvalue weighted by Gasteiger charge is 2.08. The Labute approximate surface area is 172 Å². The Bertz CT molecular complexity index is 1330. The molecule has 0 fully saturated rings. The van der Waals surface area contributed by atoms with Crippen LogP contribution in [0.1, 0.15) is 11.1 Å². The molecule has 0 saturated heterocycles. The van der Waals surface area contributed by atoms with E-state index in [4.69, 9.17) is 4.98 Å². The summed E-state index contributed by atoms with van der Waals surface area (Å²) in [5.74, 6) is -0.0249. The third kappa shape index (κ3) is 3.65. The molecular weight excluding hydrogens is 378 g/mol. The predicted octanol–water partition coefficient (Wildman–Crippen LogP) is 5.93. The standard InChI is InChI=1S/C24H19N3OS/c1-15-2-8-21-22(12-15)29-24(27-21)17-4-6-19(7-5-17)26-23(28)14-16-3-9-20-18(13-16)10-11-25-20/h2-13,25H,14H2,1H3,(H,26,28). The maximum atomic E-state index is 12.4. The number of hydrogen-bond acceptors (Lipinski definition) is 3. The Kier molecular flexibility index (Phi) is 4.37. The number of H-pyrrole nitrogens is 1. The monoisotopic (exact) mass is 397 g/mol. The number of hydrogen-bond donors (Lipinski definition) is 2. The van der Waals surface area contributed by atoms with E-state index in [0.29, 0.717) is 6.42 Å². The lowest BCUT2D eigenvalue weighted by molar-refractivity contribution is -0.115. The molecule has 2 heterocycles. The molecule has 0 saturated carbocycles. The fourth-order valence-corrected chi connectivity index (χ4v) is 4.52. The summed E-state index contributed by atoms with van der Waals surface area (Å²) < 4.78 is 1.19. The molecule has 0 aliphatic rings. The maximum absolute atomic E-state index is 12.4. The topological polar surface area (TPSA) is 57.8 Å². The number of thiazole rings is 1. The molecule has 29 heavy (non-hydrogen) atoms. The van der Waals surface area contributed by atoms with E-state index in [0.717, 1.165) is 38.2 Å². The molecule has 0 atom stereocenters. The lowest BCUT2D eigenvalue weighted by Crippen LogP contribution is -2.14. The van der Waals surface area contributed by atoms with Gasteiger partial charge in [-0.25, -0.2) is 4.98 Å². The van der Waals surface area contributed by atoms with Crippen molar-refractivity contribution >= 4 is 44.1 Å². The molecular formula is C24H19N3OS. The van der Waals surface area contributed by atoms with Crippen LogP contribution in [0.15, 0.2) is 72.9 Å². The number of benzene rings is 3. The van der Waals surface area contributed by atoms with Crippen molar-refractivity contribution in [3.05, 3.63) is 84.1 Å². The van der Waals surface area contributed by atoms with E-state index >= 15 is 0 Å². The first-order chi connectivity index (χ1) is 14.1. The molecule has 5 rings (SSSR count). The van der Waals surface area contributed by atoms with Crippen LogP contribution < -0.4 is 5.32 Å². The average Bonchev–Trinajstić information content (AvgIpc) is 3.34. The Morgan fingerprint density at radius 3 is 2.76 bits per heavy atom. The van der Waals surface area contributed by atoms with Crippen molar-refractivity contribution in [2.45, 2.75) is 13.3 Å². The molecule has 3 aromatic carbocycles. The van der Waals surface area contributed by atoms with Crippen molar-refractivity contribution in [2.24, 2.45) is 0 Å². The maximum Gasteiger partial charge on any atom is 0.228 e. The molecule has 4 nitrogen and oxygen atoms in total. The van der Waals surface area contributed by atoms with Crippen molar-refractivity contribution in [3.8, 4) is 10.6 Å². The molecule has 0 radical (unpaired) electrons. The van der Waals surface area contributed by atoms with Gasteiger partial charge in [0.25, 0.3) is 0 Å². The fraction of sp³-hybridized carbons (Fsp3) is 0.0833. The van der Waals surface area contributed by atoms with Crippen molar-refractivity contribution < 1.29 is 4.79 Å². The van der Waals surface area contributed by atoms with Crippen LogP contribution in [0.4, 0.5) is 5.69 Å². The zero-order valence-electron chi connectivity index (χ0n) is 15.9. The van der Waals surface area contributed by atoms with Gasteiger partial charge in [0.15, 0.2) is 0 Å². The van der Waals surface area contributed by atoms with Crippen molar-refractivity contribution in [3.63, 3.8) is 0 Å². The van der Waals surface area contributed by atoms with E-state index < -0.39 is 0 Å². The van der Waals surface area contributed by atoms with Crippen LogP contribution in [0, 0.1) is 6.92 Å². The molecule has 0 spiro atoms. The molecule has 0 bridgehead atoms. The lowest BCUT2D eigenvalue weighted by Gasteiger charge is -2.06. The number of anilines is 1. The quantitative estimate of drug-likeness (QED) is 0.395. The highest BCUT2D eigenvalue weighted by atomic mass is 32.1. The van der Waals surface area contributed by atoms with Crippen LogP contribution in [0.3, 0.4) is 0 Å². The summed E-state index contributed by atoms with van der Waals surface area (Å²) in [6.45, 7) is 2.09. The van der Waals surface area contributed by atoms with Gasteiger partial charge in [-0.15, -0.1) is 11.3 Å². The van der Waals surface area contributed by atoms with Crippen molar-refractivity contribution in [1.29, 1.82) is 0 Å². The van der Waals surface area contributed by atoms with E-state index in [-0.39, 0.29) is 5.91 Å². The van der Waals surface area contributed by atoms with E-state index in [9.17, 15) is 4.79 Å². The number of nitrogens with zero attached hydrogens (tertiary/aromatic N) is 1. The average molecular weight is 398 g/mol. The Morgan fingerprint density at radius 2 is 1.90 bits per heavy atom. The van der Waals surface area contributed by atoms with E-state index in [1.807, 2.05) is 54.7 Å². The summed E-state index contributed by atoms with van der Waals surface area (Å²) in [5.41, 5.74) is 6.18. The zero-order chi connectivity index (χ0) is 19.8. The summed E-state index contributed by atoms with van der Waals surface area (Å²) in [6.07, 6.45) is 2.25. The summed E-state index contributed by atoms with van der Waals surface area (Å²) in [5, 5.41) is 5.09. The zero-order valence-corrected chi connectivity index (χ0v) is 16.7. The summed E-state index contributed by atoms with van der Waals surface area (Å²) in [4.78, 5) is 20.3. The van der Waals surface area contributed by atoms with Gasteiger partial charge >= 0.3 is 0 Å². The largest absolute Gasteiger partial charge is 0.361 e. The van der Waals surface area contributed by atoms with Gasteiger partial charge < -0.3 is 10.3 Å². The number of aromatic amines is 1. The summed E-state index contributed by atoms with van der Waals surface area (Å²) in [6, 6.07) is 22.2. The van der Waals surface area contributed by atoms with E-state index in [1.165, 1.54) is 10.3 Å². The Balaban J connectivity index is 1.29. The van der Waals surface area contributed by atoms with Gasteiger partial charge in [0.2, 0.25) is 5.91 Å². The normalized spacial score (nSPS) is 11.2.